The summed E-state index contributed by atoms with van der Waals surface area (Å²) < 4.78 is 6.19. The van der Waals surface area contributed by atoms with Crippen LogP contribution in [-0.2, 0) is 28.4 Å². The van der Waals surface area contributed by atoms with E-state index in [0.29, 0.717) is 18.9 Å². The highest BCUT2D eigenvalue weighted by molar-refractivity contribution is 9.10. The molecule has 0 bridgehead atoms. The number of hydrogen-bond donors (Lipinski definition) is 1. The lowest BCUT2D eigenvalue weighted by atomic mass is 10.1. The summed E-state index contributed by atoms with van der Waals surface area (Å²) in [6.45, 7) is 1.14. The van der Waals surface area contributed by atoms with Gasteiger partial charge in [0, 0.05) is 23.9 Å². The lowest BCUT2D eigenvalue weighted by Gasteiger charge is -2.07. The first-order valence-corrected chi connectivity index (χ1v) is 9.28. The Balaban J connectivity index is 1.70. The molecule has 0 aliphatic heterocycles. The van der Waals surface area contributed by atoms with Crippen LogP contribution in [0.3, 0.4) is 0 Å². The molecule has 23 heavy (non-hydrogen) atoms. The summed E-state index contributed by atoms with van der Waals surface area (Å²) in [7, 11) is 1.68. The van der Waals surface area contributed by atoms with Crippen molar-refractivity contribution in [3.63, 3.8) is 0 Å². The fraction of sp³-hybridized carbons (Fsp3) is 0.278. The van der Waals surface area contributed by atoms with Crippen LogP contribution in [0, 0.1) is 0 Å². The Hall–Kier alpha value is -1.30. The van der Waals surface area contributed by atoms with Crippen molar-refractivity contribution in [1.29, 1.82) is 0 Å². The zero-order valence-electron chi connectivity index (χ0n) is 13.0. The summed E-state index contributed by atoms with van der Waals surface area (Å²) >= 11 is 5.03. The number of thioether (sulfide) groups is 1. The maximum Gasteiger partial charge on any atom is 0.230 e. The summed E-state index contributed by atoms with van der Waals surface area (Å²) in [5, 5.41) is 2.96. The first kappa shape index (κ1) is 18.0. The van der Waals surface area contributed by atoms with Crippen LogP contribution in [0.25, 0.3) is 0 Å². The van der Waals surface area contributed by atoms with Gasteiger partial charge in [-0.2, -0.15) is 0 Å². The number of halogens is 1. The Kier molecular flexibility index (Phi) is 7.65. The molecular weight excluding hydrogens is 374 g/mol. The van der Waals surface area contributed by atoms with Crippen LogP contribution in [0.5, 0.6) is 0 Å². The van der Waals surface area contributed by atoms with E-state index in [1.807, 2.05) is 30.3 Å². The molecule has 0 fully saturated rings. The summed E-state index contributed by atoms with van der Waals surface area (Å²) in [5.41, 5.74) is 3.42. The van der Waals surface area contributed by atoms with Crippen molar-refractivity contribution in [3.05, 3.63) is 69.7 Å². The van der Waals surface area contributed by atoms with E-state index < -0.39 is 0 Å². The Morgan fingerprint density at radius 1 is 1.13 bits per heavy atom. The number of carbonyl (C=O) groups excluding carboxylic acids is 1. The van der Waals surface area contributed by atoms with E-state index in [1.54, 1.807) is 18.9 Å². The highest BCUT2D eigenvalue weighted by Crippen LogP contribution is 2.15. The molecule has 0 aromatic heterocycles. The molecular formula is C18H20BrNO2S. The monoisotopic (exact) mass is 393 g/mol. The van der Waals surface area contributed by atoms with Crippen molar-refractivity contribution in [2.75, 3.05) is 12.9 Å². The molecule has 0 spiro atoms. The van der Waals surface area contributed by atoms with E-state index in [9.17, 15) is 4.79 Å². The maximum atomic E-state index is 11.9. The molecule has 0 saturated heterocycles. The number of rotatable bonds is 8. The highest BCUT2D eigenvalue weighted by atomic mass is 79.9. The number of carbonyl (C=O) groups is 1. The normalized spacial score (nSPS) is 10.5. The van der Waals surface area contributed by atoms with E-state index in [1.165, 1.54) is 5.56 Å². The van der Waals surface area contributed by atoms with Crippen LogP contribution >= 0.6 is 27.7 Å². The number of methoxy groups -OCH3 is 1. The number of nitrogens with one attached hydrogen (secondary N) is 1. The van der Waals surface area contributed by atoms with Crippen LogP contribution in [-0.4, -0.2) is 18.8 Å². The second kappa shape index (κ2) is 9.75. The molecule has 122 valence electrons. The first-order valence-electron chi connectivity index (χ1n) is 7.33. The summed E-state index contributed by atoms with van der Waals surface area (Å²) in [4.78, 5) is 11.9. The van der Waals surface area contributed by atoms with E-state index in [0.717, 1.165) is 21.4 Å². The number of ether oxygens (including phenoxy) is 1. The van der Waals surface area contributed by atoms with Gasteiger partial charge in [0.2, 0.25) is 5.91 Å². The molecule has 0 heterocycles. The van der Waals surface area contributed by atoms with Crippen LogP contribution < -0.4 is 5.32 Å². The standard InChI is InChI=1S/C18H20BrNO2S/c1-22-11-16-4-2-3-15(9-16)10-20-18(21)13-23-12-14-5-7-17(19)8-6-14/h2-9H,10-13H2,1H3,(H,20,21). The van der Waals surface area contributed by atoms with E-state index >= 15 is 0 Å². The van der Waals surface area contributed by atoms with Crippen molar-refractivity contribution in [2.45, 2.75) is 18.9 Å². The largest absolute Gasteiger partial charge is 0.380 e. The fourth-order valence-electron chi connectivity index (χ4n) is 2.09. The molecule has 1 N–H and O–H groups in total. The topological polar surface area (TPSA) is 38.3 Å². The minimum atomic E-state index is 0.0595. The van der Waals surface area contributed by atoms with Gasteiger partial charge in [0.25, 0.3) is 0 Å². The minimum absolute atomic E-state index is 0.0595. The second-order valence-corrected chi connectivity index (χ2v) is 7.05. The average molecular weight is 394 g/mol. The zero-order valence-corrected chi connectivity index (χ0v) is 15.5. The van der Waals surface area contributed by atoms with Gasteiger partial charge in [-0.25, -0.2) is 0 Å². The number of amides is 1. The van der Waals surface area contributed by atoms with Crippen molar-refractivity contribution < 1.29 is 9.53 Å². The van der Waals surface area contributed by atoms with Crippen molar-refractivity contribution >= 4 is 33.6 Å². The van der Waals surface area contributed by atoms with Crippen LogP contribution in [0.15, 0.2) is 53.0 Å². The van der Waals surface area contributed by atoms with Crippen molar-refractivity contribution in [3.8, 4) is 0 Å². The Morgan fingerprint density at radius 2 is 1.87 bits per heavy atom. The van der Waals surface area contributed by atoms with Gasteiger partial charge >= 0.3 is 0 Å². The molecule has 0 radical (unpaired) electrons. The predicted octanol–water partition coefficient (Wildman–Crippen LogP) is 4.15. The number of benzene rings is 2. The second-order valence-electron chi connectivity index (χ2n) is 5.15. The predicted molar refractivity (Wildman–Crippen MR) is 99.3 cm³/mol. The third-order valence-corrected chi connectivity index (χ3v) is 4.74. The molecule has 0 aliphatic rings. The van der Waals surface area contributed by atoms with Gasteiger partial charge in [0.15, 0.2) is 0 Å². The molecule has 0 saturated carbocycles. The van der Waals surface area contributed by atoms with E-state index in [-0.39, 0.29) is 5.91 Å². The van der Waals surface area contributed by atoms with Crippen LogP contribution in [0.4, 0.5) is 0 Å². The molecule has 2 aromatic carbocycles. The lowest BCUT2D eigenvalue weighted by Crippen LogP contribution is -2.24. The molecule has 0 atom stereocenters. The van der Waals surface area contributed by atoms with Gasteiger partial charge < -0.3 is 10.1 Å². The Bertz CT molecular complexity index is 631. The Labute approximate surface area is 149 Å². The minimum Gasteiger partial charge on any atom is -0.380 e. The molecule has 3 nitrogen and oxygen atoms in total. The quantitative estimate of drug-likeness (QED) is 0.731. The molecule has 0 aliphatic carbocycles. The van der Waals surface area contributed by atoms with Gasteiger partial charge in [-0.3, -0.25) is 4.79 Å². The van der Waals surface area contributed by atoms with Gasteiger partial charge in [0.05, 0.1) is 12.4 Å². The Morgan fingerprint density at radius 3 is 2.61 bits per heavy atom. The van der Waals surface area contributed by atoms with Crippen LogP contribution in [0.1, 0.15) is 16.7 Å². The average Bonchev–Trinajstić information content (AvgIpc) is 2.55. The summed E-state index contributed by atoms with van der Waals surface area (Å²) in [6.07, 6.45) is 0. The van der Waals surface area contributed by atoms with Gasteiger partial charge in [-0.05, 0) is 28.8 Å². The van der Waals surface area contributed by atoms with E-state index in [2.05, 4.69) is 39.4 Å². The van der Waals surface area contributed by atoms with Gasteiger partial charge in [-0.15, -0.1) is 11.8 Å². The smallest absolute Gasteiger partial charge is 0.230 e. The third kappa shape index (κ3) is 6.77. The zero-order chi connectivity index (χ0) is 16.5. The molecule has 1 amide bonds. The summed E-state index contributed by atoms with van der Waals surface area (Å²) in [5.74, 6) is 1.36. The van der Waals surface area contributed by atoms with Crippen molar-refractivity contribution in [2.24, 2.45) is 0 Å². The van der Waals surface area contributed by atoms with Crippen LogP contribution in [0.2, 0.25) is 0 Å². The fourth-order valence-corrected chi connectivity index (χ4v) is 3.17. The molecule has 5 heteroatoms. The SMILES string of the molecule is COCc1cccc(CNC(=O)CSCc2ccc(Br)cc2)c1. The summed E-state index contributed by atoms with van der Waals surface area (Å²) in [6, 6.07) is 16.2. The van der Waals surface area contributed by atoms with E-state index in [4.69, 9.17) is 4.74 Å². The van der Waals surface area contributed by atoms with Crippen molar-refractivity contribution in [1.82, 2.24) is 5.32 Å². The molecule has 0 unspecified atom stereocenters. The molecule has 2 rings (SSSR count). The van der Waals surface area contributed by atoms with Gasteiger partial charge in [-0.1, -0.05) is 52.3 Å². The number of hydrogen-bond acceptors (Lipinski definition) is 3. The maximum absolute atomic E-state index is 11.9. The molecule has 2 aromatic rings. The van der Waals surface area contributed by atoms with Gasteiger partial charge in [0.1, 0.15) is 0 Å². The first-order chi connectivity index (χ1) is 11.2. The lowest BCUT2D eigenvalue weighted by molar-refractivity contribution is -0.118. The third-order valence-electron chi connectivity index (χ3n) is 3.21. The highest BCUT2D eigenvalue weighted by Gasteiger charge is 2.03.